The minimum atomic E-state index is -0.532. The van der Waals surface area contributed by atoms with Crippen molar-refractivity contribution >= 4 is 11.9 Å². The lowest BCUT2D eigenvalue weighted by molar-refractivity contribution is -0.147. The third-order valence-electron chi connectivity index (χ3n) is 5.68. The molecular weight excluding hydrogens is 338 g/mol. The Morgan fingerprint density at radius 2 is 1.33 bits per heavy atom. The molecule has 0 spiro atoms. The Morgan fingerprint density at radius 3 is 1.85 bits per heavy atom. The molecule has 0 aromatic carbocycles. The van der Waals surface area contributed by atoms with Gasteiger partial charge in [-0.15, -0.1) is 0 Å². The van der Waals surface area contributed by atoms with Gasteiger partial charge in [0.1, 0.15) is 6.04 Å². The van der Waals surface area contributed by atoms with Gasteiger partial charge in [-0.25, -0.2) is 4.79 Å². The fourth-order valence-corrected chi connectivity index (χ4v) is 3.82. The molecule has 0 aliphatic heterocycles. The van der Waals surface area contributed by atoms with Gasteiger partial charge in [-0.2, -0.15) is 0 Å². The second-order valence-electron chi connectivity index (χ2n) is 8.27. The van der Waals surface area contributed by atoms with Crippen LogP contribution in [-0.4, -0.2) is 24.5 Å². The van der Waals surface area contributed by atoms with Crippen LogP contribution in [0.4, 0.5) is 0 Å². The molecule has 158 valence electrons. The zero-order valence-corrected chi connectivity index (χ0v) is 17.9. The molecule has 0 bridgehead atoms. The molecule has 4 nitrogen and oxygen atoms in total. The highest BCUT2D eigenvalue weighted by Crippen LogP contribution is 2.24. The summed E-state index contributed by atoms with van der Waals surface area (Å²) in [6.45, 7) is 4.45. The van der Waals surface area contributed by atoms with Gasteiger partial charge in [0.25, 0.3) is 0 Å². The normalized spacial score (nSPS) is 15.6. The molecule has 1 rings (SSSR count). The molecule has 1 N–H and O–H groups in total. The summed E-state index contributed by atoms with van der Waals surface area (Å²) in [5.74, 6) is -0.191. The minimum absolute atomic E-state index is 0.0160. The van der Waals surface area contributed by atoms with E-state index in [9.17, 15) is 9.59 Å². The summed E-state index contributed by atoms with van der Waals surface area (Å²) in [6.07, 6.45) is 19.7. The smallest absolute Gasteiger partial charge is 0.328 e. The molecule has 1 atom stereocenters. The van der Waals surface area contributed by atoms with Gasteiger partial charge in [0, 0.05) is 5.92 Å². The van der Waals surface area contributed by atoms with Crippen molar-refractivity contribution in [3.05, 3.63) is 0 Å². The minimum Gasteiger partial charge on any atom is -0.464 e. The molecule has 0 radical (unpaired) electrons. The molecule has 0 heterocycles. The van der Waals surface area contributed by atoms with Gasteiger partial charge >= 0.3 is 5.97 Å². The molecule has 0 aromatic heterocycles. The lowest BCUT2D eigenvalue weighted by Crippen LogP contribution is -2.42. The second kappa shape index (κ2) is 15.9. The number of carbonyl (C=O) groups is 2. The van der Waals surface area contributed by atoms with E-state index in [0.717, 1.165) is 38.5 Å². The summed E-state index contributed by atoms with van der Waals surface area (Å²) in [5.41, 5.74) is 0. The van der Waals surface area contributed by atoms with Crippen molar-refractivity contribution in [1.82, 2.24) is 5.32 Å². The molecule has 1 aliphatic carbocycles. The maximum absolute atomic E-state index is 12.0. The molecule has 1 saturated carbocycles. The van der Waals surface area contributed by atoms with Crippen LogP contribution in [0.25, 0.3) is 0 Å². The quantitative estimate of drug-likeness (QED) is 0.266. The molecule has 1 fully saturated rings. The highest BCUT2D eigenvalue weighted by atomic mass is 16.5. The number of carbonyl (C=O) groups excluding carboxylic acids is 2. The van der Waals surface area contributed by atoms with Crippen molar-refractivity contribution in [3.8, 4) is 0 Å². The van der Waals surface area contributed by atoms with Crippen molar-refractivity contribution in [2.24, 2.45) is 5.92 Å². The lowest BCUT2D eigenvalue weighted by Gasteiger charge is -2.16. The Balaban J connectivity index is 1.88. The standard InChI is InChI=1S/C23H43NO3/c1-3-4-5-6-7-8-9-10-11-12-13-16-19-27-23(26)20(2)24-22(25)21-17-14-15-18-21/h20-21H,3-19H2,1-2H3,(H,24,25)/t20-/m0/s1. The van der Waals surface area contributed by atoms with Crippen molar-refractivity contribution in [1.29, 1.82) is 0 Å². The van der Waals surface area contributed by atoms with E-state index in [1.165, 1.54) is 64.2 Å². The summed E-state index contributed by atoms with van der Waals surface area (Å²) in [6, 6.07) is -0.532. The Labute approximate surface area is 167 Å². The predicted molar refractivity (Wildman–Crippen MR) is 112 cm³/mol. The molecule has 1 amide bonds. The first kappa shape index (κ1) is 24.0. The number of nitrogens with one attached hydrogen (secondary N) is 1. The van der Waals surface area contributed by atoms with Crippen LogP contribution in [0.5, 0.6) is 0 Å². The second-order valence-corrected chi connectivity index (χ2v) is 8.27. The van der Waals surface area contributed by atoms with Crippen LogP contribution >= 0.6 is 0 Å². The van der Waals surface area contributed by atoms with E-state index in [2.05, 4.69) is 12.2 Å². The van der Waals surface area contributed by atoms with Gasteiger partial charge < -0.3 is 10.1 Å². The molecular formula is C23H43NO3. The number of hydrogen-bond acceptors (Lipinski definition) is 3. The van der Waals surface area contributed by atoms with Crippen LogP contribution in [0.2, 0.25) is 0 Å². The predicted octanol–water partition coefficient (Wildman–Crippen LogP) is 5.93. The van der Waals surface area contributed by atoms with Crippen LogP contribution in [0, 0.1) is 5.92 Å². The number of unbranched alkanes of at least 4 members (excludes halogenated alkanes) is 11. The zero-order valence-electron chi connectivity index (χ0n) is 17.9. The summed E-state index contributed by atoms with van der Waals surface area (Å²) in [4.78, 5) is 24.0. The Kier molecular flexibility index (Phi) is 14.2. The van der Waals surface area contributed by atoms with Gasteiger partial charge in [0.15, 0.2) is 0 Å². The van der Waals surface area contributed by atoms with Crippen molar-refractivity contribution in [2.45, 2.75) is 123 Å². The fourth-order valence-electron chi connectivity index (χ4n) is 3.82. The Morgan fingerprint density at radius 1 is 0.852 bits per heavy atom. The van der Waals surface area contributed by atoms with Crippen molar-refractivity contribution in [2.75, 3.05) is 6.61 Å². The molecule has 0 saturated heterocycles. The summed E-state index contributed by atoms with van der Waals surface area (Å²) in [5, 5.41) is 2.80. The van der Waals surface area contributed by atoms with E-state index >= 15 is 0 Å². The van der Waals surface area contributed by atoms with Crippen LogP contribution in [0.3, 0.4) is 0 Å². The van der Waals surface area contributed by atoms with Crippen molar-refractivity contribution in [3.63, 3.8) is 0 Å². The van der Waals surface area contributed by atoms with Gasteiger partial charge in [0.2, 0.25) is 5.91 Å². The van der Waals surface area contributed by atoms with Crippen LogP contribution in [0.15, 0.2) is 0 Å². The average molecular weight is 382 g/mol. The fraction of sp³-hybridized carbons (Fsp3) is 0.913. The molecule has 0 unspecified atom stereocenters. The van der Waals surface area contributed by atoms with Crippen LogP contribution < -0.4 is 5.32 Å². The first-order valence-electron chi connectivity index (χ1n) is 11.6. The molecule has 0 aromatic rings. The number of amides is 1. The monoisotopic (exact) mass is 381 g/mol. The Hall–Kier alpha value is -1.06. The largest absolute Gasteiger partial charge is 0.464 e. The van der Waals surface area contributed by atoms with Gasteiger partial charge in [0.05, 0.1) is 6.61 Å². The van der Waals surface area contributed by atoms with E-state index in [4.69, 9.17) is 4.74 Å². The van der Waals surface area contributed by atoms with Gasteiger partial charge in [-0.1, -0.05) is 90.4 Å². The third kappa shape index (κ3) is 12.1. The Bertz CT molecular complexity index is 391. The maximum atomic E-state index is 12.0. The highest BCUT2D eigenvalue weighted by Gasteiger charge is 2.25. The van der Waals surface area contributed by atoms with E-state index in [0.29, 0.717) is 6.61 Å². The molecule has 1 aliphatic rings. The lowest BCUT2D eigenvalue weighted by atomic mass is 10.1. The number of esters is 1. The first-order chi connectivity index (χ1) is 13.1. The number of hydrogen-bond donors (Lipinski definition) is 1. The third-order valence-corrected chi connectivity index (χ3v) is 5.68. The highest BCUT2D eigenvalue weighted by molar-refractivity contribution is 5.85. The van der Waals surface area contributed by atoms with E-state index in [1.54, 1.807) is 6.92 Å². The summed E-state index contributed by atoms with van der Waals surface area (Å²) >= 11 is 0. The SMILES string of the molecule is CCCCCCCCCCCCCCOC(=O)[C@H](C)NC(=O)C1CCCC1. The molecule has 27 heavy (non-hydrogen) atoms. The zero-order chi connectivity index (χ0) is 19.7. The van der Waals surface area contributed by atoms with E-state index < -0.39 is 6.04 Å². The van der Waals surface area contributed by atoms with Crippen LogP contribution in [0.1, 0.15) is 117 Å². The first-order valence-corrected chi connectivity index (χ1v) is 11.6. The number of ether oxygens (including phenoxy) is 1. The van der Waals surface area contributed by atoms with Crippen molar-refractivity contribution < 1.29 is 14.3 Å². The van der Waals surface area contributed by atoms with Gasteiger partial charge in [-0.3, -0.25) is 4.79 Å². The van der Waals surface area contributed by atoms with Gasteiger partial charge in [-0.05, 0) is 26.2 Å². The topological polar surface area (TPSA) is 55.4 Å². The van der Waals surface area contributed by atoms with Crippen LogP contribution in [-0.2, 0) is 14.3 Å². The van der Waals surface area contributed by atoms with E-state index in [1.807, 2.05) is 0 Å². The number of rotatable bonds is 16. The average Bonchev–Trinajstić information content (AvgIpc) is 3.20. The molecule has 4 heteroatoms. The van der Waals surface area contributed by atoms with E-state index in [-0.39, 0.29) is 17.8 Å². The summed E-state index contributed by atoms with van der Waals surface area (Å²) in [7, 11) is 0. The maximum Gasteiger partial charge on any atom is 0.328 e. The summed E-state index contributed by atoms with van der Waals surface area (Å²) < 4.78 is 5.31.